The van der Waals surface area contributed by atoms with Gasteiger partial charge >= 0.3 is 0 Å². The summed E-state index contributed by atoms with van der Waals surface area (Å²) in [4.78, 5) is 0. The second-order valence-corrected chi connectivity index (χ2v) is 5.65. The first-order chi connectivity index (χ1) is 6.09. The van der Waals surface area contributed by atoms with E-state index in [2.05, 4.69) is 15.9 Å². The van der Waals surface area contributed by atoms with Crippen LogP contribution in [0.15, 0.2) is 15.2 Å². The van der Waals surface area contributed by atoms with Crippen molar-refractivity contribution in [2.24, 2.45) is 5.92 Å². The van der Waals surface area contributed by atoms with Gasteiger partial charge in [0.1, 0.15) is 0 Å². The average molecular weight is 261 g/mol. The second-order valence-electron chi connectivity index (χ2n) is 4.05. The smallest absolute Gasteiger partial charge is 0.0890 e. The summed E-state index contributed by atoms with van der Waals surface area (Å²) in [5, 5.41) is 14.3. The van der Waals surface area contributed by atoms with Crippen LogP contribution < -0.4 is 0 Å². The molecule has 2 rings (SSSR count). The molecule has 0 saturated heterocycles. The molecule has 0 bridgehead atoms. The molecule has 72 valence electrons. The minimum absolute atomic E-state index is 0.639. The van der Waals surface area contributed by atoms with Crippen LogP contribution in [0, 0.1) is 5.92 Å². The molecule has 0 aliphatic heterocycles. The fraction of sp³-hybridized carbons (Fsp3) is 0.600. The van der Waals surface area contributed by atoms with E-state index in [1.165, 1.54) is 12.8 Å². The van der Waals surface area contributed by atoms with Gasteiger partial charge in [0.05, 0.1) is 5.60 Å². The van der Waals surface area contributed by atoms with Crippen molar-refractivity contribution in [3.05, 3.63) is 20.8 Å². The topological polar surface area (TPSA) is 20.2 Å². The third kappa shape index (κ3) is 2.14. The predicted octanol–water partition coefficient (Wildman–Crippen LogP) is 3.52. The Morgan fingerprint density at radius 2 is 2.31 bits per heavy atom. The lowest BCUT2D eigenvalue weighted by molar-refractivity contribution is 0.0415. The molecule has 1 nitrogen and oxygen atoms in total. The van der Waals surface area contributed by atoms with Crippen molar-refractivity contribution >= 4 is 27.3 Å². The lowest BCUT2D eigenvalue weighted by Gasteiger charge is -2.22. The summed E-state index contributed by atoms with van der Waals surface area (Å²) < 4.78 is 1.04. The minimum Gasteiger partial charge on any atom is -0.385 e. The average Bonchev–Trinajstić information content (AvgIpc) is 2.69. The molecule has 0 radical (unpaired) electrons. The minimum atomic E-state index is -0.639. The Morgan fingerprint density at radius 1 is 1.62 bits per heavy atom. The third-order valence-electron chi connectivity index (χ3n) is 2.58. The lowest BCUT2D eigenvalue weighted by Crippen LogP contribution is -2.21. The molecule has 1 aliphatic rings. The van der Waals surface area contributed by atoms with Gasteiger partial charge in [0, 0.05) is 15.4 Å². The highest BCUT2D eigenvalue weighted by Gasteiger charge is 2.34. The molecule has 0 spiro atoms. The molecule has 1 atom stereocenters. The van der Waals surface area contributed by atoms with Gasteiger partial charge in [-0.3, -0.25) is 0 Å². The van der Waals surface area contributed by atoms with Crippen molar-refractivity contribution in [2.75, 3.05) is 0 Å². The van der Waals surface area contributed by atoms with E-state index >= 15 is 0 Å². The van der Waals surface area contributed by atoms with E-state index in [0.717, 1.165) is 22.4 Å². The van der Waals surface area contributed by atoms with E-state index < -0.39 is 5.60 Å². The summed E-state index contributed by atoms with van der Waals surface area (Å²) >= 11 is 5.10. The van der Waals surface area contributed by atoms with Crippen LogP contribution in [-0.2, 0) is 5.60 Å². The van der Waals surface area contributed by atoms with Gasteiger partial charge < -0.3 is 5.11 Å². The molecule has 1 N–H and O–H groups in total. The molecule has 1 fully saturated rings. The standard InChI is InChI=1S/C10H13BrOS/c1-10(12,4-7-2-3-7)8-5-13-6-9(8)11/h5-7,12H,2-4H2,1H3. The number of aliphatic hydroxyl groups is 1. The van der Waals surface area contributed by atoms with Crippen LogP contribution in [-0.4, -0.2) is 5.11 Å². The second kappa shape index (κ2) is 3.37. The van der Waals surface area contributed by atoms with Gasteiger partial charge in [0.2, 0.25) is 0 Å². The molecule has 1 unspecified atom stereocenters. The summed E-state index contributed by atoms with van der Waals surface area (Å²) in [6.07, 6.45) is 3.48. The van der Waals surface area contributed by atoms with Crippen molar-refractivity contribution in [2.45, 2.75) is 31.8 Å². The molecular weight excluding hydrogens is 248 g/mol. The SMILES string of the molecule is CC(O)(CC1CC1)c1cscc1Br. The summed E-state index contributed by atoms with van der Waals surface area (Å²) in [6, 6.07) is 0. The highest BCUT2D eigenvalue weighted by molar-refractivity contribution is 9.10. The van der Waals surface area contributed by atoms with E-state index in [9.17, 15) is 5.11 Å². The largest absolute Gasteiger partial charge is 0.385 e. The zero-order valence-electron chi connectivity index (χ0n) is 7.59. The Bertz CT molecular complexity index is 302. The number of halogens is 1. The highest BCUT2D eigenvalue weighted by Crippen LogP contribution is 2.43. The number of thiophene rings is 1. The van der Waals surface area contributed by atoms with Crippen molar-refractivity contribution in [3.63, 3.8) is 0 Å². The van der Waals surface area contributed by atoms with Crippen LogP contribution in [0.1, 0.15) is 31.7 Å². The fourth-order valence-electron chi connectivity index (χ4n) is 1.66. The van der Waals surface area contributed by atoms with Gasteiger partial charge in [0.25, 0.3) is 0 Å². The van der Waals surface area contributed by atoms with Crippen molar-refractivity contribution < 1.29 is 5.11 Å². The van der Waals surface area contributed by atoms with Gasteiger partial charge in [0.15, 0.2) is 0 Å². The number of hydrogen-bond donors (Lipinski definition) is 1. The first kappa shape index (κ1) is 9.69. The van der Waals surface area contributed by atoms with Crippen LogP contribution in [0.2, 0.25) is 0 Å². The van der Waals surface area contributed by atoms with Gasteiger partial charge in [-0.15, -0.1) is 0 Å². The van der Waals surface area contributed by atoms with Crippen LogP contribution in [0.4, 0.5) is 0 Å². The van der Waals surface area contributed by atoms with Crippen LogP contribution in [0.5, 0.6) is 0 Å². The Hall–Kier alpha value is 0.140. The third-order valence-corrected chi connectivity index (χ3v) is 4.28. The lowest BCUT2D eigenvalue weighted by atomic mass is 9.93. The molecular formula is C10H13BrOS. The summed E-state index contributed by atoms with van der Waals surface area (Å²) in [5.74, 6) is 0.752. The first-order valence-electron chi connectivity index (χ1n) is 4.54. The van der Waals surface area contributed by atoms with Crippen LogP contribution >= 0.6 is 27.3 Å². The molecule has 1 aromatic heterocycles. The Labute approximate surface area is 90.9 Å². The first-order valence-corrected chi connectivity index (χ1v) is 6.28. The maximum atomic E-state index is 10.2. The summed E-state index contributed by atoms with van der Waals surface area (Å²) in [6.45, 7) is 1.91. The molecule has 0 amide bonds. The van der Waals surface area contributed by atoms with Crippen LogP contribution in [0.3, 0.4) is 0 Å². The Morgan fingerprint density at radius 3 is 2.77 bits per heavy atom. The van der Waals surface area contributed by atoms with Crippen LogP contribution in [0.25, 0.3) is 0 Å². The maximum Gasteiger partial charge on any atom is 0.0890 e. The number of rotatable bonds is 3. The molecule has 1 saturated carbocycles. The highest BCUT2D eigenvalue weighted by atomic mass is 79.9. The monoisotopic (exact) mass is 260 g/mol. The summed E-state index contributed by atoms with van der Waals surface area (Å²) in [5.41, 5.74) is 0.407. The van der Waals surface area contributed by atoms with Gasteiger partial charge in [-0.2, -0.15) is 11.3 Å². The molecule has 1 heterocycles. The predicted molar refractivity (Wildman–Crippen MR) is 58.9 cm³/mol. The quantitative estimate of drug-likeness (QED) is 0.882. The number of hydrogen-bond acceptors (Lipinski definition) is 2. The van der Waals surface area contributed by atoms with Gasteiger partial charge in [-0.1, -0.05) is 12.8 Å². The molecule has 1 aromatic rings. The van der Waals surface area contributed by atoms with E-state index in [0.29, 0.717) is 0 Å². The van der Waals surface area contributed by atoms with E-state index in [1.807, 2.05) is 17.7 Å². The Balaban J connectivity index is 2.17. The zero-order valence-corrected chi connectivity index (χ0v) is 9.99. The zero-order chi connectivity index (χ0) is 9.47. The maximum absolute atomic E-state index is 10.2. The molecule has 0 aromatic carbocycles. The van der Waals surface area contributed by atoms with E-state index in [1.54, 1.807) is 11.3 Å². The van der Waals surface area contributed by atoms with E-state index in [-0.39, 0.29) is 0 Å². The molecule has 13 heavy (non-hydrogen) atoms. The van der Waals surface area contributed by atoms with Crippen molar-refractivity contribution in [3.8, 4) is 0 Å². The van der Waals surface area contributed by atoms with Gasteiger partial charge in [-0.25, -0.2) is 0 Å². The van der Waals surface area contributed by atoms with E-state index in [4.69, 9.17) is 0 Å². The Kier molecular flexibility index (Phi) is 2.51. The normalized spacial score (nSPS) is 21.5. The summed E-state index contributed by atoms with van der Waals surface area (Å²) in [7, 11) is 0. The molecule has 3 heteroatoms. The van der Waals surface area contributed by atoms with Gasteiger partial charge in [-0.05, 0) is 40.6 Å². The molecule has 1 aliphatic carbocycles. The van der Waals surface area contributed by atoms with Crippen molar-refractivity contribution in [1.29, 1.82) is 0 Å². The van der Waals surface area contributed by atoms with Crippen molar-refractivity contribution in [1.82, 2.24) is 0 Å². The fourth-order valence-corrected chi connectivity index (χ4v) is 3.51.